The zero-order valence-corrected chi connectivity index (χ0v) is 12.4. The number of aliphatic imine (C=N–C) groups is 1. The van der Waals surface area contributed by atoms with Crippen molar-refractivity contribution in [2.75, 3.05) is 6.54 Å². The molecule has 21 heavy (non-hydrogen) atoms. The molecule has 2 rings (SSSR count). The molecule has 0 spiro atoms. The van der Waals surface area contributed by atoms with Crippen molar-refractivity contribution >= 4 is 16.9 Å². The van der Waals surface area contributed by atoms with Gasteiger partial charge in [-0.1, -0.05) is 36.0 Å². The van der Waals surface area contributed by atoms with Gasteiger partial charge in [0, 0.05) is 6.54 Å². The van der Waals surface area contributed by atoms with Crippen LogP contribution >= 0.6 is 11.8 Å². The van der Waals surface area contributed by atoms with Gasteiger partial charge in [-0.05, 0) is 42.3 Å². The number of hydrogen-bond acceptors (Lipinski definition) is 2. The summed E-state index contributed by atoms with van der Waals surface area (Å²) in [5.41, 5.74) is 7.67. The van der Waals surface area contributed by atoms with E-state index in [1.54, 1.807) is 24.3 Å². The van der Waals surface area contributed by atoms with Gasteiger partial charge >= 0.3 is 0 Å². The summed E-state index contributed by atoms with van der Waals surface area (Å²) < 4.78 is 26.2. The number of benzene rings is 2. The zero-order chi connectivity index (χ0) is 15.2. The average Bonchev–Trinajstić information content (AvgIpc) is 2.47. The molecule has 0 fully saturated rings. The third-order valence-corrected chi connectivity index (χ3v) is 4.05. The smallest absolute Gasteiger partial charge is 0.154 e. The van der Waals surface area contributed by atoms with Crippen LogP contribution in [0.4, 0.5) is 8.78 Å². The van der Waals surface area contributed by atoms with Crippen LogP contribution in [0.1, 0.15) is 23.3 Å². The highest BCUT2D eigenvalue weighted by molar-refractivity contribution is 8.14. The molecule has 2 aromatic rings. The van der Waals surface area contributed by atoms with Crippen molar-refractivity contribution in [2.24, 2.45) is 10.7 Å². The predicted octanol–water partition coefficient (Wildman–Crippen LogP) is 4.12. The standard InChI is InChI=1S/C16H16F2N2S/c1-2-20-16(19)21-15(11-3-7-13(17)8-4-11)12-5-9-14(18)10-6-12/h3-10,15H,2H2,1H3,(H2,19,20). The molecule has 0 saturated heterocycles. The summed E-state index contributed by atoms with van der Waals surface area (Å²) in [6.07, 6.45) is 0. The molecule has 110 valence electrons. The van der Waals surface area contributed by atoms with Crippen LogP contribution < -0.4 is 5.73 Å². The topological polar surface area (TPSA) is 38.4 Å². The number of nitrogens with zero attached hydrogens (tertiary/aromatic N) is 1. The van der Waals surface area contributed by atoms with Gasteiger partial charge in [-0.15, -0.1) is 0 Å². The number of nitrogens with two attached hydrogens (primary N) is 1. The highest BCUT2D eigenvalue weighted by Gasteiger charge is 2.17. The molecule has 0 aliphatic rings. The Morgan fingerprint density at radius 1 is 1.00 bits per heavy atom. The second kappa shape index (κ2) is 7.22. The molecule has 0 bridgehead atoms. The summed E-state index contributed by atoms with van der Waals surface area (Å²) in [5.74, 6) is -0.589. The van der Waals surface area contributed by atoms with Crippen LogP contribution in [-0.4, -0.2) is 11.7 Å². The fourth-order valence-corrected chi connectivity index (χ4v) is 2.95. The Morgan fingerprint density at radius 3 is 1.81 bits per heavy atom. The summed E-state index contributed by atoms with van der Waals surface area (Å²) >= 11 is 1.37. The van der Waals surface area contributed by atoms with Gasteiger partial charge in [-0.2, -0.15) is 0 Å². The number of rotatable bonds is 4. The lowest BCUT2D eigenvalue weighted by atomic mass is 10.0. The fourth-order valence-electron chi connectivity index (χ4n) is 1.92. The van der Waals surface area contributed by atoms with Gasteiger partial charge in [0.1, 0.15) is 11.6 Å². The third kappa shape index (κ3) is 4.29. The van der Waals surface area contributed by atoms with Crippen LogP contribution in [0.2, 0.25) is 0 Å². The molecule has 0 aliphatic carbocycles. The van der Waals surface area contributed by atoms with Crippen molar-refractivity contribution in [1.82, 2.24) is 0 Å². The maximum atomic E-state index is 13.1. The SMILES string of the molecule is CCN=C(N)SC(c1ccc(F)cc1)c1ccc(F)cc1. The minimum atomic E-state index is -0.295. The lowest BCUT2D eigenvalue weighted by molar-refractivity contribution is 0.626. The van der Waals surface area contributed by atoms with Crippen LogP contribution in [0.3, 0.4) is 0 Å². The lowest BCUT2D eigenvalue weighted by Crippen LogP contribution is -2.11. The van der Waals surface area contributed by atoms with E-state index in [-0.39, 0.29) is 16.9 Å². The minimum Gasteiger partial charge on any atom is -0.379 e. The Morgan fingerprint density at radius 2 is 1.43 bits per heavy atom. The van der Waals surface area contributed by atoms with E-state index in [9.17, 15) is 8.78 Å². The van der Waals surface area contributed by atoms with E-state index in [4.69, 9.17) is 5.73 Å². The van der Waals surface area contributed by atoms with Gasteiger partial charge in [0.2, 0.25) is 0 Å². The highest BCUT2D eigenvalue weighted by atomic mass is 32.2. The summed E-state index contributed by atoms with van der Waals surface area (Å²) in [6.45, 7) is 2.50. The Hall–Kier alpha value is -1.88. The maximum absolute atomic E-state index is 13.1. The van der Waals surface area contributed by atoms with E-state index in [1.807, 2.05) is 6.92 Å². The Labute approximate surface area is 127 Å². The van der Waals surface area contributed by atoms with Crippen molar-refractivity contribution in [3.8, 4) is 0 Å². The molecule has 0 saturated carbocycles. The second-order valence-corrected chi connectivity index (χ2v) is 5.54. The van der Waals surface area contributed by atoms with Gasteiger partial charge in [0.05, 0.1) is 5.25 Å². The molecule has 0 heterocycles. The average molecular weight is 306 g/mol. The molecule has 0 atom stereocenters. The molecule has 0 radical (unpaired) electrons. The van der Waals surface area contributed by atoms with E-state index >= 15 is 0 Å². The summed E-state index contributed by atoms with van der Waals surface area (Å²) in [6, 6.07) is 12.4. The van der Waals surface area contributed by atoms with Crippen molar-refractivity contribution in [2.45, 2.75) is 12.2 Å². The molecular formula is C16H16F2N2S. The van der Waals surface area contributed by atoms with Gasteiger partial charge in [-0.25, -0.2) is 8.78 Å². The highest BCUT2D eigenvalue weighted by Crippen LogP contribution is 2.35. The first-order valence-corrected chi connectivity index (χ1v) is 7.45. The van der Waals surface area contributed by atoms with Crippen LogP contribution in [0, 0.1) is 11.6 Å². The first kappa shape index (κ1) is 15.5. The second-order valence-electron chi connectivity index (χ2n) is 4.41. The predicted molar refractivity (Wildman–Crippen MR) is 84.4 cm³/mol. The Balaban J connectivity index is 2.36. The molecular weight excluding hydrogens is 290 g/mol. The molecule has 2 nitrogen and oxygen atoms in total. The van der Waals surface area contributed by atoms with Gasteiger partial charge in [-0.3, -0.25) is 4.99 Å². The molecule has 5 heteroatoms. The summed E-state index contributed by atoms with van der Waals surface area (Å²) in [4.78, 5) is 4.16. The number of halogens is 2. The quantitative estimate of drug-likeness (QED) is 0.681. The van der Waals surface area contributed by atoms with E-state index in [0.717, 1.165) is 11.1 Å². The van der Waals surface area contributed by atoms with Gasteiger partial charge < -0.3 is 5.73 Å². The molecule has 2 aromatic carbocycles. The third-order valence-electron chi connectivity index (χ3n) is 2.90. The van der Waals surface area contributed by atoms with E-state index in [2.05, 4.69) is 4.99 Å². The first-order chi connectivity index (χ1) is 10.1. The van der Waals surface area contributed by atoms with Crippen LogP contribution in [0.15, 0.2) is 53.5 Å². The molecule has 0 aliphatic heterocycles. The minimum absolute atomic E-state index is 0.151. The normalized spacial score (nSPS) is 11.9. The van der Waals surface area contributed by atoms with Crippen molar-refractivity contribution in [3.05, 3.63) is 71.3 Å². The van der Waals surface area contributed by atoms with Crippen LogP contribution in [0.5, 0.6) is 0 Å². The Bertz CT molecular complexity index is 564. The maximum Gasteiger partial charge on any atom is 0.154 e. The Kier molecular flexibility index (Phi) is 5.33. The number of amidine groups is 1. The first-order valence-electron chi connectivity index (χ1n) is 6.57. The van der Waals surface area contributed by atoms with E-state index < -0.39 is 0 Å². The lowest BCUT2D eigenvalue weighted by Gasteiger charge is -2.17. The molecule has 0 amide bonds. The van der Waals surface area contributed by atoms with Crippen LogP contribution in [-0.2, 0) is 0 Å². The van der Waals surface area contributed by atoms with Crippen LogP contribution in [0.25, 0.3) is 0 Å². The van der Waals surface area contributed by atoms with Gasteiger partial charge in [0.25, 0.3) is 0 Å². The van der Waals surface area contributed by atoms with Crippen molar-refractivity contribution in [3.63, 3.8) is 0 Å². The molecule has 0 aromatic heterocycles. The summed E-state index contributed by atoms with van der Waals surface area (Å²) in [5, 5.41) is 0.303. The van der Waals surface area contributed by atoms with E-state index in [1.165, 1.54) is 36.0 Å². The fraction of sp³-hybridized carbons (Fsp3) is 0.188. The summed E-state index contributed by atoms with van der Waals surface area (Å²) in [7, 11) is 0. The van der Waals surface area contributed by atoms with E-state index in [0.29, 0.717) is 11.7 Å². The molecule has 0 unspecified atom stereocenters. The monoisotopic (exact) mass is 306 g/mol. The number of thioether (sulfide) groups is 1. The van der Waals surface area contributed by atoms with Crippen molar-refractivity contribution < 1.29 is 8.78 Å². The molecule has 2 N–H and O–H groups in total. The zero-order valence-electron chi connectivity index (χ0n) is 11.6. The van der Waals surface area contributed by atoms with Gasteiger partial charge in [0.15, 0.2) is 5.17 Å². The number of hydrogen-bond donors (Lipinski definition) is 1. The van der Waals surface area contributed by atoms with Crippen molar-refractivity contribution in [1.29, 1.82) is 0 Å². The largest absolute Gasteiger partial charge is 0.379 e.